The highest BCUT2D eigenvalue weighted by atomic mass is 35.5. The van der Waals surface area contributed by atoms with Crippen LogP contribution in [0.5, 0.6) is 5.75 Å². The molecule has 5 heteroatoms. The van der Waals surface area contributed by atoms with E-state index in [1.54, 1.807) is 12.1 Å². The fourth-order valence-corrected chi connectivity index (χ4v) is 1.10. The smallest absolute Gasteiger partial charge is 0.134 e. The van der Waals surface area contributed by atoms with E-state index in [0.717, 1.165) is 0 Å². The van der Waals surface area contributed by atoms with Gasteiger partial charge in [-0.3, -0.25) is 5.32 Å². The molecule has 4 nitrogen and oxygen atoms in total. The van der Waals surface area contributed by atoms with Crippen LogP contribution in [0.4, 0.5) is 5.69 Å². The zero-order chi connectivity index (χ0) is 9.84. The minimum absolute atomic E-state index is 0. The summed E-state index contributed by atoms with van der Waals surface area (Å²) in [4.78, 5) is 0. The SMILES string of the molecule is CCNC(O)c1cc(N)ccc1O.Cl. The number of aliphatic hydroxyl groups is 1. The van der Waals surface area contributed by atoms with Crippen molar-refractivity contribution in [1.29, 1.82) is 0 Å². The van der Waals surface area contributed by atoms with Crippen LogP contribution < -0.4 is 11.1 Å². The molecule has 0 aliphatic heterocycles. The third kappa shape index (κ3) is 3.06. The lowest BCUT2D eigenvalue weighted by atomic mass is 10.1. The maximum absolute atomic E-state index is 9.50. The van der Waals surface area contributed by atoms with Gasteiger partial charge >= 0.3 is 0 Å². The summed E-state index contributed by atoms with van der Waals surface area (Å²) in [5.41, 5.74) is 6.43. The average molecular weight is 219 g/mol. The van der Waals surface area contributed by atoms with Crippen molar-refractivity contribution in [2.45, 2.75) is 13.2 Å². The number of anilines is 1. The second kappa shape index (κ2) is 5.70. The lowest BCUT2D eigenvalue weighted by molar-refractivity contribution is 0.138. The summed E-state index contributed by atoms with van der Waals surface area (Å²) >= 11 is 0. The van der Waals surface area contributed by atoms with Gasteiger partial charge in [-0.25, -0.2) is 0 Å². The van der Waals surface area contributed by atoms with Gasteiger partial charge < -0.3 is 15.9 Å². The number of phenolic OH excluding ortho intramolecular Hbond substituents is 1. The molecule has 1 unspecified atom stereocenters. The number of nitrogens with one attached hydrogen (secondary N) is 1. The summed E-state index contributed by atoms with van der Waals surface area (Å²) in [6.07, 6.45) is -0.867. The standard InChI is InChI=1S/C9H14N2O2.ClH/c1-2-11-9(13)7-5-6(10)3-4-8(7)12;/h3-5,9,11-13H,2,10H2,1H3;1H. The highest BCUT2D eigenvalue weighted by Gasteiger charge is 2.10. The topological polar surface area (TPSA) is 78.5 Å². The van der Waals surface area contributed by atoms with E-state index < -0.39 is 6.23 Å². The first-order valence-electron chi connectivity index (χ1n) is 4.15. The Bertz CT molecular complexity index is 294. The van der Waals surface area contributed by atoms with Crippen molar-refractivity contribution < 1.29 is 10.2 Å². The fraction of sp³-hybridized carbons (Fsp3) is 0.333. The molecular formula is C9H15ClN2O2. The number of aliphatic hydroxyl groups excluding tert-OH is 1. The molecule has 0 aliphatic rings. The van der Waals surface area contributed by atoms with Crippen molar-refractivity contribution in [3.05, 3.63) is 23.8 Å². The zero-order valence-electron chi connectivity index (χ0n) is 7.90. The molecule has 0 bridgehead atoms. The van der Waals surface area contributed by atoms with Crippen molar-refractivity contribution in [1.82, 2.24) is 5.32 Å². The van der Waals surface area contributed by atoms with Crippen molar-refractivity contribution in [3.8, 4) is 5.75 Å². The van der Waals surface area contributed by atoms with Crippen LogP contribution in [0.1, 0.15) is 18.7 Å². The normalized spacial score (nSPS) is 11.9. The molecule has 0 amide bonds. The molecule has 5 N–H and O–H groups in total. The predicted octanol–water partition coefficient (Wildman–Crippen LogP) is 0.997. The Morgan fingerprint density at radius 3 is 2.71 bits per heavy atom. The second-order valence-corrected chi connectivity index (χ2v) is 2.78. The summed E-state index contributed by atoms with van der Waals surface area (Å²) in [7, 11) is 0. The molecule has 0 saturated heterocycles. The summed E-state index contributed by atoms with van der Waals surface area (Å²) in [6, 6.07) is 4.59. The van der Waals surface area contributed by atoms with Crippen LogP contribution in [-0.2, 0) is 0 Å². The van der Waals surface area contributed by atoms with Crippen LogP contribution in [0.15, 0.2) is 18.2 Å². The Morgan fingerprint density at radius 1 is 1.50 bits per heavy atom. The van der Waals surface area contributed by atoms with E-state index in [2.05, 4.69) is 5.32 Å². The van der Waals surface area contributed by atoms with E-state index >= 15 is 0 Å². The van der Waals surface area contributed by atoms with Crippen molar-refractivity contribution in [3.63, 3.8) is 0 Å². The number of hydrogen-bond acceptors (Lipinski definition) is 4. The highest BCUT2D eigenvalue weighted by molar-refractivity contribution is 5.85. The molecule has 1 aromatic carbocycles. The molecule has 0 radical (unpaired) electrons. The van der Waals surface area contributed by atoms with Gasteiger partial charge in [-0.1, -0.05) is 6.92 Å². The molecule has 0 fully saturated rings. The Kier molecular flexibility index (Phi) is 5.30. The first-order valence-corrected chi connectivity index (χ1v) is 4.15. The molecule has 0 heterocycles. The minimum Gasteiger partial charge on any atom is -0.508 e. The summed E-state index contributed by atoms with van der Waals surface area (Å²) in [5, 5.41) is 21.6. The zero-order valence-corrected chi connectivity index (χ0v) is 8.71. The third-order valence-electron chi connectivity index (χ3n) is 1.74. The summed E-state index contributed by atoms with van der Waals surface area (Å²) in [5.74, 6) is 0.0441. The summed E-state index contributed by atoms with van der Waals surface area (Å²) in [6.45, 7) is 2.49. The second-order valence-electron chi connectivity index (χ2n) is 2.78. The van der Waals surface area contributed by atoms with E-state index in [1.165, 1.54) is 6.07 Å². The van der Waals surface area contributed by atoms with E-state index in [0.29, 0.717) is 17.8 Å². The number of rotatable bonds is 3. The molecule has 0 aliphatic carbocycles. The largest absolute Gasteiger partial charge is 0.508 e. The maximum Gasteiger partial charge on any atom is 0.134 e. The number of phenols is 1. The van der Waals surface area contributed by atoms with Gasteiger partial charge in [0.25, 0.3) is 0 Å². The third-order valence-corrected chi connectivity index (χ3v) is 1.74. The highest BCUT2D eigenvalue weighted by Crippen LogP contribution is 2.24. The van der Waals surface area contributed by atoms with Crippen LogP contribution in [0.25, 0.3) is 0 Å². The van der Waals surface area contributed by atoms with Crippen molar-refractivity contribution in [2.75, 3.05) is 12.3 Å². The molecule has 1 atom stereocenters. The molecule has 0 saturated carbocycles. The van der Waals surface area contributed by atoms with Gasteiger partial charge in [0.05, 0.1) is 0 Å². The number of nitrogen functional groups attached to an aromatic ring is 1. The van der Waals surface area contributed by atoms with Crippen molar-refractivity contribution in [2.24, 2.45) is 0 Å². The minimum atomic E-state index is -0.867. The van der Waals surface area contributed by atoms with Gasteiger partial charge in [0, 0.05) is 11.3 Å². The molecule has 80 valence electrons. The Labute approximate surface area is 89.2 Å². The predicted molar refractivity (Wildman–Crippen MR) is 58.4 cm³/mol. The molecular weight excluding hydrogens is 204 g/mol. The average Bonchev–Trinajstić information content (AvgIpc) is 2.09. The van der Waals surface area contributed by atoms with Crippen LogP contribution in [0.2, 0.25) is 0 Å². The van der Waals surface area contributed by atoms with Gasteiger partial charge in [0.15, 0.2) is 0 Å². The maximum atomic E-state index is 9.50. The fourth-order valence-electron chi connectivity index (χ4n) is 1.10. The van der Waals surface area contributed by atoms with Crippen molar-refractivity contribution >= 4 is 18.1 Å². The van der Waals surface area contributed by atoms with E-state index in [9.17, 15) is 10.2 Å². The Hall–Kier alpha value is -0.970. The molecule has 14 heavy (non-hydrogen) atoms. The first-order chi connectivity index (χ1) is 6.15. The van der Waals surface area contributed by atoms with Gasteiger partial charge in [-0.2, -0.15) is 0 Å². The number of hydrogen-bond donors (Lipinski definition) is 4. The lowest BCUT2D eigenvalue weighted by Crippen LogP contribution is -2.20. The summed E-state index contributed by atoms with van der Waals surface area (Å²) < 4.78 is 0. The monoisotopic (exact) mass is 218 g/mol. The van der Waals surface area contributed by atoms with Gasteiger partial charge in [0.1, 0.15) is 12.0 Å². The molecule has 0 aromatic heterocycles. The van der Waals surface area contributed by atoms with Crippen LogP contribution >= 0.6 is 12.4 Å². The number of nitrogens with two attached hydrogens (primary N) is 1. The Morgan fingerprint density at radius 2 is 2.14 bits per heavy atom. The Balaban J connectivity index is 0.00000169. The van der Waals surface area contributed by atoms with E-state index in [1.807, 2.05) is 6.92 Å². The quantitative estimate of drug-likeness (QED) is 0.347. The van der Waals surface area contributed by atoms with Gasteiger partial charge in [-0.05, 0) is 24.7 Å². The lowest BCUT2D eigenvalue weighted by Gasteiger charge is -2.13. The number of aromatic hydroxyl groups is 1. The van der Waals surface area contributed by atoms with Gasteiger partial charge in [0.2, 0.25) is 0 Å². The molecule has 1 aromatic rings. The number of halogens is 1. The van der Waals surface area contributed by atoms with E-state index in [4.69, 9.17) is 5.73 Å². The van der Waals surface area contributed by atoms with Crippen LogP contribution in [0.3, 0.4) is 0 Å². The van der Waals surface area contributed by atoms with Gasteiger partial charge in [-0.15, -0.1) is 12.4 Å². The molecule has 0 spiro atoms. The number of benzene rings is 1. The van der Waals surface area contributed by atoms with Crippen LogP contribution in [-0.4, -0.2) is 16.8 Å². The van der Waals surface area contributed by atoms with Crippen LogP contribution in [0, 0.1) is 0 Å². The van der Waals surface area contributed by atoms with E-state index in [-0.39, 0.29) is 18.2 Å². The molecule has 1 rings (SSSR count). The first kappa shape index (κ1) is 13.0.